The van der Waals surface area contributed by atoms with E-state index >= 15 is 0 Å². The molecule has 43 heavy (non-hydrogen) atoms. The maximum Gasteiger partial charge on any atom is 0.394 e. The number of nitrogens with two attached hydrogens (primary N) is 1. The molecule has 1 amide bonds. The molecule has 1 aromatic heterocycles. The summed E-state index contributed by atoms with van der Waals surface area (Å²) in [5.41, 5.74) is 2.09. The van der Waals surface area contributed by atoms with Crippen LogP contribution in [0.4, 0.5) is 22.0 Å². The summed E-state index contributed by atoms with van der Waals surface area (Å²) in [6.45, 7) is 0.104. The Morgan fingerprint density at radius 2 is 1.95 bits per heavy atom. The van der Waals surface area contributed by atoms with E-state index in [-0.39, 0.29) is 76.9 Å². The first kappa shape index (κ1) is 37.2. The number of aliphatic hydroxyl groups is 1. The van der Waals surface area contributed by atoms with Gasteiger partial charge in [0.2, 0.25) is 0 Å². The third-order valence-corrected chi connectivity index (χ3v) is 9.60. The van der Waals surface area contributed by atoms with Gasteiger partial charge in [-0.1, -0.05) is 31.5 Å². The molecule has 244 valence electrons. The lowest BCUT2D eigenvalue weighted by Crippen LogP contribution is -2.59. The number of rotatable bonds is 10. The van der Waals surface area contributed by atoms with E-state index in [2.05, 4.69) is 15.2 Å². The van der Waals surface area contributed by atoms with Crippen LogP contribution in [0.25, 0.3) is 11.3 Å². The molecule has 1 aliphatic rings. The lowest BCUT2D eigenvalue weighted by molar-refractivity contribution is -0.211. The number of hydrogen-bond acceptors (Lipinski definition) is 7. The van der Waals surface area contributed by atoms with Crippen molar-refractivity contribution < 1.29 is 45.0 Å². The quantitative estimate of drug-likeness (QED) is 0.296. The second-order valence-electron chi connectivity index (χ2n) is 11.2. The molecular weight excluding hydrogens is 691 g/mol. The Kier molecular flexibility index (Phi) is 11.7. The molecule has 17 heteroatoms. The molecule has 0 spiro atoms. The fourth-order valence-electron chi connectivity index (χ4n) is 4.89. The Morgan fingerprint density at radius 3 is 2.47 bits per heavy atom. The Bertz CT molecular complexity index is 1420. The van der Waals surface area contributed by atoms with Crippen LogP contribution < -0.4 is 15.8 Å². The van der Waals surface area contributed by atoms with Crippen LogP contribution in [0.5, 0.6) is 5.75 Å². The van der Waals surface area contributed by atoms with E-state index in [0.717, 1.165) is 26.2 Å². The number of hydrogen-bond donors (Lipinski definition) is 3. The molecule has 0 bridgehead atoms. The van der Waals surface area contributed by atoms with Crippen molar-refractivity contribution in [3.8, 4) is 17.0 Å². The third-order valence-electron chi connectivity index (χ3n) is 7.61. The van der Waals surface area contributed by atoms with Crippen molar-refractivity contribution in [3.63, 3.8) is 0 Å². The molecule has 0 saturated heterocycles. The molecule has 1 saturated carbocycles. The number of aryl methyl sites for hydroxylation is 1. The van der Waals surface area contributed by atoms with Gasteiger partial charge in [0, 0.05) is 31.0 Å². The highest BCUT2D eigenvalue weighted by Gasteiger charge is 2.47. The molecule has 0 radical (unpaired) electrons. The lowest BCUT2D eigenvalue weighted by Gasteiger charge is -2.40. The van der Waals surface area contributed by atoms with Gasteiger partial charge >= 0.3 is 12.8 Å². The second-order valence-corrected chi connectivity index (χ2v) is 13.9. The fraction of sp³-hybridized carbons (Fsp3) is 0.615. The molecule has 1 heterocycles. The summed E-state index contributed by atoms with van der Waals surface area (Å²) in [7, 11) is -3.37. The van der Waals surface area contributed by atoms with Crippen molar-refractivity contribution in [3.05, 3.63) is 34.5 Å². The van der Waals surface area contributed by atoms with E-state index in [1.165, 1.54) is 16.8 Å². The van der Waals surface area contributed by atoms with Crippen molar-refractivity contribution >= 4 is 44.3 Å². The average molecular weight is 726 g/mol. The molecule has 2 aromatic rings. The van der Waals surface area contributed by atoms with Gasteiger partial charge in [-0.15, -0.1) is 17.0 Å². The molecule has 1 aromatic carbocycles. The van der Waals surface area contributed by atoms with Gasteiger partial charge < -0.3 is 20.9 Å². The highest BCUT2D eigenvalue weighted by molar-refractivity contribution is 8.93. The summed E-state index contributed by atoms with van der Waals surface area (Å²) in [5.74, 6) is -1.27. The van der Waals surface area contributed by atoms with E-state index in [1.807, 2.05) is 0 Å². The third kappa shape index (κ3) is 8.38. The van der Waals surface area contributed by atoms with Crippen molar-refractivity contribution in [2.45, 2.75) is 82.7 Å². The number of ether oxygens (including phenoxy) is 1. The van der Waals surface area contributed by atoms with E-state index in [0.29, 0.717) is 0 Å². The number of benzene rings is 1. The smallest absolute Gasteiger partial charge is 0.394 e. The van der Waals surface area contributed by atoms with Gasteiger partial charge in [-0.05, 0) is 50.3 Å². The van der Waals surface area contributed by atoms with E-state index in [9.17, 15) is 40.3 Å². The van der Waals surface area contributed by atoms with Crippen molar-refractivity contribution in [1.29, 1.82) is 0 Å². The summed E-state index contributed by atoms with van der Waals surface area (Å²) in [6, 6.07) is 2.73. The summed E-state index contributed by atoms with van der Waals surface area (Å²) in [5, 5.41) is 16.7. The van der Waals surface area contributed by atoms with Gasteiger partial charge in [-0.2, -0.15) is 27.1 Å². The van der Waals surface area contributed by atoms with Gasteiger partial charge in [0.1, 0.15) is 15.6 Å². The van der Waals surface area contributed by atoms with Crippen LogP contribution in [-0.4, -0.2) is 71.7 Å². The molecule has 1 aliphatic carbocycles. The molecular formula is C26H35BrClF5N4O5S. The summed E-state index contributed by atoms with van der Waals surface area (Å²) in [4.78, 5) is 13.1. The minimum absolute atomic E-state index is 0. The fourth-order valence-corrected chi connectivity index (χ4v) is 6.32. The first-order chi connectivity index (χ1) is 19.2. The zero-order chi connectivity index (χ0) is 31.8. The number of carbonyl (C=O) groups excluding carboxylic acids is 1. The van der Waals surface area contributed by atoms with Crippen LogP contribution in [0.3, 0.4) is 0 Å². The van der Waals surface area contributed by atoms with Crippen LogP contribution in [0.2, 0.25) is 5.02 Å². The highest BCUT2D eigenvalue weighted by atomic mass is 79.9. The Hall–Kier alpha value is -2.01. The SMILES string of the molecule is Br.CCn1nc(C(=O)NC[C@@]2(O)CC[C@H](S(C)(=O)=O)C[C@@H]2N)c(Cl)c1-c1ccc(CC(C)(C)C(F)(F)F)cc1OC(F)F. The summed E-state index contributed by atoms with van der Waals surface area (Å²) < 4.78 is 96.6. The largest absolute Gasteiger partial charge is 0.434 e. The molecule has 9 nitrogen and oxygen atoms in total. The van der Waals surface area contributed by atoms with Gasteiger partial charge in [0.15, 0.2) is 5.69 Å². The van der Waals surface area contributed by atoms with Gasteiger partial charge in [0.05, 0.1) is 27.0 Å². The molecule has 0 aliphatic heterocycles. The first-order valence-electron chi connectivity index (χ1n) is 13.1. The van der Waals surface area contributed by atoms with Crippen LogP contribution in [0.15, 0.2) is 18.2 Å². The predicted octanol–water partition coefficient (Wildman–Crippen LogP) is 4.92. The molecule has 0 unspecified atom stereocenters. The van der Waals surface area contributed by atoms with E-state index in [4.69, 9.17) is 17.3 Å². The number of carbonyl (C=O) groups is 1. The van der Waals surface area contributed by atoms with E-state index < -0.39 is 63.0 Å². The summed E-state index contributed by atoms with van der Waals surface area (Å²) in [6.07, 6.45) is -3.80. The van der Waals surface area contributed by atoms with Crippen LogP contribution in [-0.2, 0) is 22.8 Å². The van der Waals surface area contributed by atoms with Crippen LogP contribution in [0.1, 0.15) is 56.1 Å². The number of alkyl halides is 5. The van der Waals surface area contributed by atoms with Crippen molar-refractivity contribution in [2.75, 3.05) is 12.8 Å². The monoisotopic (exact) mass is 724 g/mol. The van der Waals surface area contributed by atoms with Gasteiger partial charge in [-0.25, -0.2) is 8.42 Å². The van der Waals surface area contributed by atoms with Crippen LogP contribution in [0, 0.1) is 5.41 Å². The van der Waals surface area contributed by atoms with Gasteiger partial charge in [0.25, 0.3) is 5.91 Å². The maximum absolute atomic E-state index is 13.4. The number of nitrogens with one attached hydrogen (secondary N) is 1. The minimum atomic E-state index is -4.55. The Morgan fingerprint density at radius 1 is 1.33 bits per heavy atom. The maximum atomic E-state index is 13.4. The Labute approximate surface area is 262 Å². The second kappa shape index (κ2) is 13.5. The minimum Gasteiger partial charge on any atom is -0.434 e. The highest BCUT2D eigenvalue weighted by Crippen LogP contribution is 2.43. The normalized spacial score (nSPS) is 21.4. The zero-order valence-corrected chi connectivity index (χ0v) is 27.1. The topological polar surface area (TPSA) is 137 Å². The predicted molar refractivity (Wildman–Crippen MR) is 157 cm³/mol. The number of amides is 1. The van der Waals surface area contributed by atoms with Crippen LogP contribution >= 0.6 is 28.6 Å². The van der Waals surface area contributed by atoms with Crippen molar-refractivity contribution in [1.82, 2.24) is 15.1 Å². The zero-order valence-electron chi connectivity index (χ0n) is 23.8. The van der Waals surface area contributed by atoms with Crippen molar-refractivity contribution in [2.24, 2.45) is 11.1 Å². The van der Waals surface area contributed by atoms with Gasteiger partial charge in [-0.3, -0.25) is 9.48 Å². The molecule has 3 rings (SSSR count). The molecule has 3 atom stereocenters. The lowest BCUT2D eigenvalue weighted by atomic mass is 9.80. The number of nitrogens with zero attached hydrogens (tertiary/aromatic N) is 2. The number of aromatic nitrogens is 2. The summed E-state index contributed by atoms with van der Waals surface area (Å²) >= 11 is 6.52. The Balaban J connectivity index is 0.00000645. The number of halogens is 7. The van der Waals surface area contributed by atoms with E-state index in [1.54, 1.807) is 6.92 Å². The number of sulfone groups is 1. The average Bonchev–Trinajstić information content (AvgIpc) is 3.18. The standard InChI is InChI=1S/C26H34ClF5N4O5S.BrH/c1-5-36-21(16-7-6-14(10-17(16)41-23(28)29)12-24(2,3)26(30,31)32)19(27)20(35-36)22(37)34-13-25(38)9-8-15(11-18(25)33)42(4,39)40;/h6-7,10,15,18,23,38H,5,8-9,11-13,33H2,1-4H3,(H,34,37);1H/t15-,18-,25-;/m0./s1. The molecule has 1 fully saturated rings. The molecule has 4 N–H and O–H groups in total. The first-order valence-corrected chi connectivity index (χ1v) is 15.4.